The minimum atomic E-state index is -1.01. The Morgan fingerprint density at radius 1 is 1.16 bits per heavy atom. The highest BCUT2D eigenvalue weighted by Crippen LogP contribution is 2.34. The molecule has 3 aromatic rings. The van der Waals surface area contributed by atoms with Crippen LogP contribution >= 0.6 is 23.2 Å². The molecule has 1 aromatic heterocycles. The predicted octanol–water partition coefficient (Wildman–Crippen LogP) is 3.70. The molecule has 0 bridgehead atoms. The molecule has 4 rings (SSSR count). The van der Waals surface area contributed by atoms with Crippen molar-refractivity contribution >= 4 is 46.1 Å². The lowest BCUT2D eigenvalue weighted by atomic mass is 9.99. The number of carbonyl (C=O) groups excluding carboxylic acids is 2. The molecular weight excluding hydrogens is 451 g/mol. The number of carbonyl (C=O) groups is 2. The van der Waals surface area contributed by atoms with Crippen LogP contribution in [0.2, 0.25) is 5.02 Å². The SMILES string of the molecule is N#CC1(NC(=O)C(Cc2nc3cccc(Cl)c3o2)NC(=O)C(CCl)c2ccccc2)CC1. The lowest BCUT2D eigenvalue weighted by Gasteiger charge is -2.22. The number of oxazole rings is 1. The van der Waals surface area contributed by atoms with E-state index in [1.54, 1.807) is 30.3 Å². The molecule has 0 aliphatic heterocycles. The van der Waals surface area contributed by atoms with Crippen molar-refractivity contribution in [1.29, 1.82) is 5.26 Å². The fourth-order valence-corrected chi connectivity index (χ4v) is 3.94. The number of rotatable bonds is 8. The first kappa shape index (κ1) is 22.1. The maximum atomic E-state index is 13.0. The molecule has 1 heterocycles. The van der Waals surface area contributed by atoms with Crippen LogP contribution in [0.1, 0.15) is 30.2 Å². The average molecular weight is 471 g/mol. The van der Waals surface area contributed by atoms with Gasteiger partial charge < -0.3 is 15.1 Å². The third-order valence-electron chi connectivity index (χ3n) is 5.42. The molecule has 2 N–H and O–H groups in total. The maximum absolute atomic E-state index is 13.0. The van der Waals surface area contributed by atoms with Crippen molar-refractivity contribution in [2.75, 3.05) is 5.88 Å². The Kier molecular flexibility index (Phi) is 6.35. The number of nitrogens with zero attached hydrogens (tertiary/aromatic N) is 2. The first-order valence-electron chi connectivity index (χ1n) is 10.1. The highest BCUT2D eigenvalue weighted by molar-refractivity contribution is 6.34. The van der Waals surface area contributed by atoms with Crippen LogP contribution in [0, 0.1) is 11.3 Å². The minimum absolute atomic E-state index is 0.00607. The number of nitrogens with one attached hydrogen (secondary N) is 2. The van der Waals surface area contributed by atoms with E-state index in [4.69, 9.17) is 27.6 Å². The molecule has 1 aliphatic carbocycles. The van der Waals surface area contributed by atoms with Crippen molar-refractivity contribution < 1.29 is 14.0 Å². The average Bonchev–Trinajstić information content (AvgIpc) is 3.44. The van der Waals surface area contributed by atoms with E-state index in [0.29, 0.717) is 29.0 Å². The Labute approximate surface area is 194 Å². The van der Waals surface area contributed by atoms with Crippen molar-refractivity contribution in [2.45, 2.75) is 36.8 Å². The van der Waals surface area contributed by atoms with E-state index in [1.807, 2.05) is 18.2 Å². The van der Waals surface area contributed by atoms with E-state index < -0.39 is 29.3 Å². The molecule has 9 heteroatoms. The summed E-state index contributed by atoms with van der Waals surface area (Å²) in [6, 6.07) is 15.4. The molecule has 2 aromatic carbocycles. The lowest BCUT2D eigenvalue weighted by Crippen LogP contribution is -2.52. The van der Waals surface area contributed by atoms with Crippen LogP contribution in [0.5, 0.6) is 0 Å². The van der Waals surface area contributed by atoms with Gasteiger partial charge in [0.25, 0.3) is 0 Å². The first-order valence-corrected chi connectivity index (χ1v) is 11.0. The summed E-state index contributed by atoms with van der Waals surface area (Å²) in [5, 5.41) is 15.3. The predicted molar refractivity (Wildman–Crippen MR) is 120 cm³/mol. The Balaban J connectivity index is 1.58. The molecule has 1 saturated carbocycles. The number of hydrogen-bond acceptors (Lipinski definition) is 5. The summed E-state index contributed by atoms with van der Waals surface area (Å²) in [7, 11) is 0. The van der Waals surface area contributed by atoms with E-state index in [2.05, 4.69) is 21.7 Å². The van der Waals surface area contributed by atoms with Gasteiger partial charge in [-0.25, -0.2) is 4.98 Å². The highest BCUT2D eigenvalue weighted by Gasteiger charge is 2.46. The van der Waals surface area contributed by atoms with E-state index >= 15 is 0 Å². The molecule has 0 spiro atoms. The van der Waals surface area contributed by atoms with Crippen LogP contribution in [0.4, 0.5) is 0 Å². The molecule has 2 amide bonds. The summed E-state index contributed by atoms with van der Waals surface area (Å²) in [6.45, 7) is 0. The number of benzene rings is 2. The van der Waals surface area contributed by atoms with Gasteiger partial charge in [-0.05, 0) is 30.5 Å². The Morgan fingerprint density at radius 3 is 2.53 bits per heavy atom. The molecule has 0 radical (unpaired) electrons. The highest BCUT2D eigenvalue weighted by atomic mass is 35.5. The summed E-state index contributed by atoms with van der Waals surface area (Å²) in [5.74, 6) is -1.23. The minimum Gasteiger partial charge on any atom is -0.439 e. The molecule has 1 fully saturated rings. The largest absolute Gasteiger partial charge is 0.439 e. The van der Waals surface area contributed by atoms with Crippen LogP contribution in [0.3, 0.4) is 0 Å². The van der Waals surface area contributed by atoms with Gasteiger partial charge in [0, 0.05) is 5.88 Å². The normalized spacial score (nSPS) is 16.0. The molecule has 7 nitrogen and oxygen atoms in total. The van der Waals surface area contributed by atoms with E-state index in [0.717, 1.165) is 5.56 Å². The van der Waals surface area contributed by atoms with Crippen molar-refractivity contribution in [2.24, 2.45) is 0 Å². The Bertz CT molecular complexity index is 1180. The number of alkyl halides is 1. The number of nitriles is 1. The molecule has 2 unspecified atom stereocenters. The lowest BCUT2D eigenvalue weighted by molar-refractivity contribution is -0.130. The zero-order valence-corrected chi connectivity index (χ0v) is 18.5. The molecule has 0 saturated heterocycles. The third-order valence-corrected chi connectivity index (χ3v) is 6.03. The maximum Gasteiger partial charge on any atom is 0.244 e. The van der Waals surface area contributed by atoms with Gasteiger partial charge in [-0.15, -0.1) is 11.6 Å². The summed E-state index contributed by atoms with van der Waals surface area (Å²) in [5.41, 5.74) is 0.823. The standard InChI is InChI=1S/C23H20Cl2N4O3/c24-12-15(14-5-2-1-3-6-14)21(30)28-18(22(31)29-23(13-26)9-10-23)11-19-27-17-8-4-7-16(25)20(17)32-19/h1-8,15,18H,9-12H2,(H,28,30)(H,29,31). The van der Waals surface area contributed by atoms with Gasteiger partial charge in [-0.1, -0.05) is 48.0 Å². The van der Waals surface area contributed by atoms with Crippen LogP contribution in [-0.2, 0) is 16.0 Å². The van der Waals surface area contributed by atoms with Gasteiger partial charge >= 0.3 is 0 Å². The van der Waals surface area contributed by atoms with Gasteiger partial charge in [0.2, 0.25) is 11.8 Å². The Morgan fingerprint density at radius 2 is 1.91 bits per heavy atom. The molecule has 1 aliphatic rings. The first-order chi connectivity index (χ1) is 15.4. The monoisotopic (exact) mass is 470 g/mol. The van der Waals surface area contributed by atoms with E-state index in [1.165, 1.54) is 0 Å². The second-order valence-electron chi connectivity index (χ2n) is 7.76. The van der Waals surface area contributed by atoms with Gasteiger partial charge in [0.1, 0.15) is 17.1 Å². The quantitative estimate of drug-likeness (QED) is 0.487. The Hall–Kier alpha value is -3.08. The molecular formula is C23H20Cl2N4O3. The summed E-state index contributed by atoms with van der Waals surface area (Å²) in [6.07, 6.45) is 1.14. The molecule has 164 valence electrons. The van der Waals surface area contributed by atoms with Gasteiger partial charge in [-0.2, -0.15) is 5.26 Å². The second kappa shape index (κ2) is 9.19. The van der Waals surface area contributed by atoms with E-state index in [9.17, 15) is 14.9 Å². The number of amides is 2. The number of fused-ring (bicyclic) bond motifs is 1. The van der Waals surface area contributed by atoms with Crippen molar-refractivity contribution in [1.82, 2.24) is 15.6 Å². The topological polar surface area (TPSA) is 108 Å². The number of hydrogen-bond donors (Lipinski definition) is 2. The summed E-state index contributed by atoms with van der Waals surface area (Å²) < 4.78 is 5.74. The van der Waals surface area contributed by atoms with Gasteiger partial charge in [0.05, 0.1) is 23.4 Å². The van der Waals surface area contributed by atoms with Crippen LogP contribution in [-0.4, -0.2) is 34.3 Å². The zero-order valence-electron chi connectivity index (χ0n) is 17.0. The summed E-state index contributed by atoms with van der Waals surface area (Å²) in [4.78, 5) is 30.5. The van der Waals surface area contributed by atoms with Gasteiger partial charge in [0.15, 0.2) is 11.5 Å². The molecule has 2 atom stereocenters. The summed E-state index contributed by atoms with van der Waals surface area (Å²) >= 11 is 12.2. The van der Waals surface area contributed by atoms with Crippen LogP contribution in [0.15, 0.2) is 52.9 Å². The third kappa shape index (κ3) is 4.72. The van der Waals surface area contributed by atoms with Crippen LogP contribution < -0.4 is 10.6 Å². The second-order valence-corrected chi connectivity index (χ2v) is 8.48. The van der Waals surface area contributed by atoms with E-state index in [-0.39, 0.29) is 18.2 Å². The van der Waals surface area contributed by atoms with Gasteiger partial charge in [-0.3, -0.25) is 9.59 Å². The van der Waals surface area contributed by atoms with Crippen molar-refractivity contribution in [3.8, 4) is 6.07 Å². The van der Waals surface area contributed by atoms with Crippen molar-refractivity contribution in [3.05, 3.63) is 65.0 Å². The fraction of sp³-hybridized carbons (Fsp3) is 0.304. The molecule has 32 heavy (non-hydrogen) atoms. The number of para-hydroxylation sites is 1. The fourth-order valence-electron chi connectivity index (χ4n) is 3.41. The van der Waals surface area contributed by atoms with Crippen molar-refractivity contribution in [3.63, 3.8) is 0 Å². The van der Waals surface area contributed by atoms with Crippen LogP contribution in [0.25, 0.3) is 11.1 Å². The smallest absolute Gasteiger partial charge is 0.244 e. The zero-order chi connectivity index (χ0) is 22.7. The number of halogens is 2. The number of aromatic nitrogens is 1.